The van der Waals surface area contributed by atoms with Gasteiger partial charge in [-0.2, -0.15) is 0 Å². The van der Waals surface area contributed by atoms with Crippen LogP contribution in [0.25, 0.3) is 0 Å². The first kappa shape index (κ1) is 59.9. The lowest BCUT2D eigenvalue weighted by molar-refractivity contribution is -0.142. The summed E-state index contributed by atoms with van der Waals surface area (Å²) in [4.78, 5) is 132. The lowest BCUT2D eigenvalue weighted by Crippen LogP contribution is -2.60. The summed E-state index contributed by atoms with van der Waals surface area (Å²) in [7, 11) is 0. The molecular formula is C42H77N15O11. The number of rotatable bonds is 32. The third-order valence-electron chi connectivity index (χ3n) is 11.1. The van der Waals surface area contributed by atoms with Crippen LogP contribution >= 0.6 is 0 Å². The topological polar surface area (TPSA) is 444 Å². The Hall–Kier alpha value is -6.15. The molecule has 1 heterocycles. The summed E-state index contributed by atoms with van der Waals surface area (Å²) in [6.45, 7) is 8.36. The Balaban J connectivity index is 3.26. The van der Waals surface area contributed by atoms with Crippen molar-refractivity contribution in [2.24, 2.45) is 34.6 Å². The van der Waals surface area contributed by atoms with Crippen molar-refractivity contribution in [3.63, 3.8) is 0 Å². The number of unbranched alkanes of at least 4 members (excludes halogenated alkanes) is 2. The summed E-state index contributed by atoms with van der Waals surface area (Å²) in [6, 6.07) is -10.6. The summed E-state index contributed by atoms with van der Waals surface area (Å²) >= 11 is 0. The molecule has 0 saturated carbocycles. The number of nitrogens with one attached hydrogen (secondary N) is 9. The van der Waals surface area contributed by atoms with Crippen LogP contribution in [0.1, 0.15) is 112 Å². The maximum atomic E-state index is 14.1. The Morgan fingerprint density at radius 1 is 0.618 bits per heavy atom. The van der Waals surface area contributed by atoms with Gasteiger partial charge in [0.2, 0.25) is 53.2 Å². The largest absolute Gasteiger partial charge is 0.480 e. The average molecular weight is 968 g/mol. The molecule has 68 heavy (non-hydrogen) atoms. The van der Waals surface area contributed by atoms with E-state index in [2.05, 4.69) is 42.5 Å². The van der Waals surface area contributed by atoms with E-state index in [-0.39, 0.29) is 70.5 Å². The highest BCUT2D eigenvalue weighted by molar-refractivity contribution is 5.98. The third kappa shape index (κ3) is 21.6. The molecule has 0 spiro atoms. The third-order valence-corrected chi connectivity index (χ3v) is 11.1. The average Bonchev–Trinajstić information content (AvgIpc) is 3.76. The number of guanidine groups is 1. The number of carboxylic acid groups (broad SMARTS) is 1. The molecule has 0 bridgehead atoms. The van der Waals surface area contributed by atoms with Crippen LogP contribution in [0.5, 0.6) is 0 Å². The summed E-state index contributed by atoms with van der Waals surface area (Å²) in [5.41, 5.74) is 27.7. The van der Waals surface area contributed by atoms with Gasteiger partial charge < -0.3 is 81.2 Å². The molecule has 9 atom stereocenters. The standard InChI is InChI=1S/C42H77N15O11/c1-22(2)32(39(65)51-24(4)34(60)50-25(5)35(61)55-29(41(67)68)16-17-31(46)58)56-37(63)26(12-6-8-18-43)52-36(62)27(14-10-20-49-42(47)48)53-38(64)30-15-11-21-57(30)40(66)28(13-7-9-19-44)54-33(59)23(3)45/h22-30,32H,6-21,43-45H2,1-5H3,(H2,46,58)(H,50,60)(H,51,65)(H,52,62)(H,53,64)(H,54,59)(H,55,61)(H,56,63)(H,67,68)(H4,47,48,49)/t23-,24+,25-,26-,27-,28-,29-,30-,32-/m0/s1. The van der Waals surface area contributed by atoms with E-state index in [1.807, 2.05) is 0 Å². The molecule has 0 aromatic heterocycles. The van der Waals surface area contributed by atoms with E-state index in [1.54, 1.807) is 13.8 Å². The van der Waals surface area contributed by atoms with Crippen LogP contribution in [0, 0.1) is 11.3 Å². The normalized spacial score (nSPS) is 16.8. The van der Waals surface area contributed by atoms with Crippen LogP contribution in [0.2, 0.25) is 0 Å². The van der Waals surface area contributed by atoms with Crippen molar-refractivity contribution in [1.29, 1.82) is 5.41 Å². The summed E-state index contributed by atoms with van der Waals surface area (Å²) < 4.78 is 0. The molecule has 0 aromatic carbocycles. The van der Waals surface area contributed by atoms with E-state index in [4.69, 9.17) is 34.1 Å². The van der Waals surface area contributed by atoms with Gasteiger partial charge in [0.05, 0.1) is 6.04 Å². The zero-order valence-corrected chi connectivity index (χ0v) is 40.0. The van der Waals surface area contributed by atoms with E-state index in [9.17, 15) is 53.1 Å². The maximum Gasteiger partial charge on any atom is 0.326 e. The highest BCUT2D eigenvalue weighted by Gasteiger charge is 2.40. The summed E-state index contributed by atoms with van der Waals surface area (Å²) in [5, 5.41) is 37.4. The number of carbonyl (C=O) groups excluding carboxylic acids is 9. The number of primary amides is 1. The predicted molar refractivity (Wildman–Crippen MR) is 249 cm³/mol. The summed E-state index contributed by atoms with van der Waals surface area (Å²) in [5.74, 6) is -8.73. The van der Waals surface area contributed by atoms with E-state index in [1.165, 1.54) is 25.7 Å². The zero-order chi connectivity index (χ0) is 51.7. The van der Waals surface area contributed by atoms with E-state index in [0.29, 0.717) is 38.6 Å². The van der Waals surface area contributed by atoms with Gasteiger partial charge in [0.1, 0.15) is 48.3 Å². The first-order valence-electron chi connectivity index (χ1n) is 23.1. The van der Waals surface area contributed by atoms with Gasteiger partial charge in [-0.3, -0.25) is 48.6 Å². The van der Waals surface area contributed by atoms with Gasteiger partial charge in [0.25, 0.3) is 0 Å². The van der Waals surface area contributed by atoms with Gasteiger partial charge in [-0.15, -0.1) is 0 Å². The minimum absolute atomic E-state index is 0.00844. The molecule has 0 aliphatic carbocycles. The van der Waals surface area contributed by atoms with Crippen molar-refractivity contribution in [2.45, 2.75) is 166 Å². The smallest absolute Gasteiger partial charge is 0.326 e. The van der Waals surface area contributed by atoms with Crippen LogP contribution in [-0.2, 0) is 47.9 Å². The van der Waals surface area contributed by atoms with Crippen LogP contribution in [-0.4, -0.2) is 156 Å². The Labute approximate surface area is 397 Å². The highest BCUT2D eigenvalue weighted by Crippen LogP contribution is 2.21. The molecule has 0 unspecified atom stereocenters. The van der Waals surface area contributed by atoms with Gasteiger partial charge in [-0.05, 0) is 110 Å². The fourth-order valence-electron chi connectivity index (χ4n) is 7.06. The molecule has 26 nitrogen and oxygen atoms in total. The second-order valence-corrected chi connectivity index (χ2v) is 17.3. The fraction of sp³-hybridized carbons (Fsp3) is 0.738. The van der Waals surface area contributed by atoms with E-state index >= 15 is 0 Å². The van der Waals surface area contributed by atoms with Crippen molar-refractivity contribution in [1.82, 2.24) is 47.4 Å². The number of amides is 9. The molecule has 0 radical (unpaired) electrons. The number of carboxylic acids is 1. The second-order valence-electron chi connectivity index (χ2n) is 17.3. The van der Waals surface area contributed by atoms with Gasteiger partial charge in [0, 0.05) is 19.5 Å². The summed E-state index contributed by atoms with van der Waals surface area (Å²) in [6.07, 6.45) is 2.67. The Morgan fingerprint density at radius 3 is 1.65 bits per heavy atom. The number of nitrogens with two attached hydrogens (primary N) is 5. The lowest BCUT2D eigenvalue weighted by atomic mass is 10.0. The van der Waals surface area contributed by atoms with Crippen molar-refractivity contribution in [3.05, 3.63) is 0 Å². The van der Waals surface area contributed by atoms with Crippen LogP contribution in [0.3, 0.4) is 0 Å². The predicted octanol–water partition coefficient (Wildman–Crippen LogP) is -4.71. The molecule has 1 fully saturated rings. The number of aliphatic carboxylic acids is 1. The number of likely N-dealkylation sites (tertiary alicyclic amines) is 1. The molecule has 1 saturated heterocycles. The first-order valence-corrected chi connectivity index (χ1v) is 23.1. The van der Waals surface area contributed by atoms with Crippen molar-refractivity contribution >= 4 is 65.1 Å². The van der Waals surface area contributed by atoms with Crippen LogP contribution in [0.15, 0.2) is 0 Å². The van der Waals surface area contributed by atoms with Gasteiger partial charge >= 0.3 is 5.97 Å². The van der Waals surface area contributed by atoms with Gasteiger partial charge in [-0.25, -0.2) is 4.79 Å². The fourth-order valence-corrected chi connectivity index (χ4v) is 7.06. The number of hydrogen-bond donors (Lipinski definition) is 15. The van der Waals surface area contributed by atoms with E-state index < -0.39 is 119 Å². The quantitative estimate of drug-likeness (QED) is 0.0171. The van der Waals surface area contributed by atoms with Crippen LogP contribution < -0.4 is 71.2 Å². The molecule has 0 aromatic rings. The molecule has 1 rings (SSSR count). The minimum atomic E-state index is -1.45. The SMILES string of the molecule is CC(C)[C@H](NC(=O)[C@H](CCCCN)NC(=O)[C@H](CCCNC(=N)N)NC(=O)[C@@H]1CCCN1C(=O)[C@H](CCCCN)NC(=O)[C@H](C)N)C(=O)N[C@H](C)C(=O)N[C@@H](C)C(=O)N[C@@H](CCC(N)=O)C(=O)O. The Morgan fingerprint density at radius 2 is 1.12 bits per heavy atom. The molecule has 386 valence electrons. The molecule has 1 aliphatic rings. The minimum Gasteiger partial charge on any atom is -0.480 e. The van der Waals surface area contributed by atoms with Crippen molar-refractivity contribution < 1.29 is 53.1 Å². The number of hydrogen-bond acceptors (Lipinski definition) is 14. The molecule has 9 amide bonds. The van der Waals surface area contributed by atoms with Gasteiger partial charge in [0.15, 0.2) is 5.96 Å². The monoisotopic (exact) mass is 968 g/mol. The molecule has 1 aliphatic heterocycles. The number of nitrogens with zero attached hydrogens (tertiary/aromatic N) is 1. The van der Waals surface area contributed by atoms with E-state index in [0.717, 1.165) is 0 Å². The molecule has 20 N–H and O–H groups in total. The highest BCUT2D eigenvalue weighted by atomic mass is 16.4. The molecular weight excluding hydrogens is 891 g/mol. The maximum absolute atomic E-state index is 14.1. The number of carbonyl (C=O) groups is 10. The lowest BCUT2D eigenvalue weighted by Gasteiger charge is -2.31. The second kappa shape index (κ2) is 31.0. The van der Waals surface area contributed by atoms with Crippen molar-refractivity contribution in [3.8, 4) is 0 Å². The van der Waals surface area contributed by atoms with Crippen molar-refractivity contribution in [2.75, 3.05) is 26.2 Å². The van der Waals surface area contributed by atoms with Gasteiger partial charge in [-0.1, -0.05) is 13.8 Å². The Kier molecular flexibility index (Phi) is 27.3. The van der Waals surface area contributed by atoms with Crippen LogP contribution in [0.4, 0.5) is 0 Å². The molecule has 26 heteroatoms. The Bertz CT molecular complexity index is 1750. The zero-order valence-electron chi connectivity index (χ0n) is 40.0. The first-order chi connectivity index (χ1) is 31.9.